The lowest BCUT2D eigenvalue weighted by Crippen LogP contribution is -2.18. The Balaban J connectivity index is 2.53. The molecule has 0 radical (unpaired) electrons. The van der Waals surface area contributed by atoms with Crippen LogP contribution in [0.2, 0.25) is 0 Å². The number of aliphatic hydroxyl groups is 1. The number of hydrogen-bond acceptors (Lipinski definition) is 3. The predicted molar refractivity (Wildman–Crippen MR) is 60.5 cm³/mol. The third kappa shape index (κ3) is 1.54. The molecule has 0 aliphatic carbocycles. The summed E-state index contributed by atoms with van der Waals surface area (Å²) in [5.74, 6) is 0. The van der Waals surface area contributed by atoms with Crippen LogP contribution in [-0.2, 0) is 0 Å². The Morgan fingerprint density at radius 2 is 2.00 bits per heavy atom. The first kappa shape index (κ1) is 9.65. The molecule has 0 amide bonds. The molecule has 1 aromatic heterocycles. The molecule has 0 bridgehead atoms. The van der Waals surface area contributed by atoms with Crippen molar-refractivity contribution in [2.75, 3.05) is 14.1 Å². The molecule has 2 rings (SSSR count). The number of rotatable bonds is 2. The zero-order chi connectivity index (χ0) is 10.1. The van der Waals surface area contributed by atoms with Crippen molar-refractivity contribution in [2.24, 2.45) is 0 Å². The number of fused-ring (bicyclic) bond motifs is 1. The highest BCUT2D eigenvalue weighted by molar-refractivity contribution is 7.17. The fourth-order valence-electron chi connectivity index (χ4n) is 1.48. The molecular formula is C11H13NOS. The highest BCUT2D eigenvalue weighted by atomic mass is 32.1. The molecule has 2 nitrogen and oxygen atoms in total. The van der Waals surface area contributed by atoms with Gasteiger partial charge in [0.25, 0.3) is 0 Å². The van der Waals surface area contributed by atoms with Gasteiger partial charge in [-0.2, -0.15) is 0 Å². The van der Waals surface area contributed by atoms with Gasteiger partial charge < -0.3 is 5.11 Å². The molecule has 0 fully saturated rings. The van der Waals surface area contributed by atoms with Crippen molar-refractivity contribution >= 4 is 21.4 Å². The van der Waals surface area contributed by atoms with Crippen molar-refractivity contribution in [3.63, 3.8) is 0 Å². The van der Waals surface area contributed by atoms with Crippen molar-refractivity contribution in [1.29, 1.82) is 0 Å². The summed E-state index contributed by atoms with van der Waals surface area (Å²) in [7, 11) is 3.74. The van der Waals surface area contributed by atoms with E-state index in [0.717, 1.165) is 10.9 Å². The van der Waals surface area contributed by atoms with Crippen LogP contribution in [0.25, 0.3) is 10.1 Å². The van der Waals surface area contributed by atoms with Gasteiger partial charge >= 0.3 is 0 Å². The first-order valence-corrected chi connectivity index (χ1v) is 5.39. The van der Waals surface area contributed by atoms with Crippen LogP contribution in [0.3, 0.4) is 0 Å². The Labute approximate surface area is 87.4 Å². The van der Waals surface area contributed by atoms with Crippen molar-refractivity contribution in [2.45, 2.75) is 6.23 Å². The van der Waals surface area contributed by atoms with Crippen LogP contribution in [-0.4, -0.2) is 24.1 Å². The maximum atomic E-state index is 9.92. The van der Waals surface area contributed by atoms with E-state index in [2.05, 4.69) is 6.07 Å². The Morgan fingerprint density at radius 1 is 1.29 bits per heavy atom. The number of nitrogens with zero attached hydrogens (tertiary/aromatic N) is 1. The second kappa shape index (κ2) is 3.69. The van der Waals surface area contributed by atoms with Crippen LogP contribution >= 0.6 is 11.3 Å². The molecule has 0 saturated heterocycles. The Morgan fingerprint density at radius 3 is 2.71 bits per heavy atom. The van der Waals surface area contributed by atoms with Crippen LogP contribution in [0.1, 0.15) is 11.8 Å². The number of hydrogen-bond donors (Lipinski definition) is 1. The lowest BCUT2D eigenvalue weighted by atomic mass is 10.1. The summed E-state index contributed by atoms with van der Waals surface area (Å²) >= 11 is 1.67. The Bertz CT molecular complexity index is 436. The number of aliphatic hydroxyl groups excluding tert-OH is 1. The van der Waals surface area contributed by atoms with Gasteiger partial charge in [0.15, 0.2) is 0 Å². The third-order valence-corrected chi connectivity index (χ3v) is 3.26. The minimum Gasteiger partial charge on any atom is -0.374 e. The third-order valence-electron chi connectivity index (χ3n) is 2.28. The molecular weight excluding hydrogens is 194 g/mol. The maximum Gasteiger partial charge on any atom is 0.134 e. The molecule has 2 aromatic rings. The molecule has 0 saturated carbocycles. The normalized spacial score (nSPS) is 13.7. The average molecular weight is 207 g/mol. The van der Waals surface area contributed by atoms with E-state index in [-0.39, 0.29) is 0 Å². The maximum absolute atomic E-state index is 9.92. The van der Waals surface area contributed by atoms with Crippen molar-refractivity contribution in [3.05, 3.63) is 35.2 Å². The molecule has 1 heterocycles. The molecule has 0 spiro atoms. The van der Waals surface area contributed by atoms with Crippen LogP contribution < -0.4 is 0 Å². The first-order valence-electron chi connectivity index (χ1n) is 4.51. The Hall–Kier alpha value is -0.900. The van der Waals surface area contributed by atoms with E-state index in [1.807, 2.05) is 37.7 Å². The summed E-state index contributed by atoms with van der Waals surface area (Å²) in [6.45, 7) is 0. The van der Waals surface area contributed by atoms with E-state index in [4.69, 9.17) is 0 Å². The Kier molecular flexibility index (Phi) is 2.54. The largest absolute Gasteiger partial charge is 0.374 e. The van der Waals surface area contributed by atoms with Gasteiger partial charge in [-0.25, -0.2) is 0 Å². The van der Waals surface area contributed by atoms with E-state index in [1.165, 1.54) is 4.70 Å². The monoisotopic (exact) mass is 207 g/mol. The lowest BCUT2D eigenvalue weighted by Gasteiger charge is -2.17. The number of benzene rings is 1. The highest BCUT2D eigenvalue weighted by Gasteiger charge is 2.13. The molecule has 14 heavy (non-hydrogen) atoms. The molecule has 1 atom stereocenters. The van der Waals surface area contributed by atoms with Gasteiger partial charge in [0.1, 0.15) is 6.23 Å². The predicted octanol–water partition coefficient (Wildman–Crippen LogP) is 2.45. The van der Waals surface area contributed by atoms with Crippen LogP contribution in [0.15, 0.2) is 29.6 Å². The van der Waals surface area contributed by atoms with E-state index in [0.29, 0.717) is 0 Å². The minimum atomic E-state index is -0.508. The topological polar surface area (TPSA) is 23.5 Å². The molecule has 74 valence electrons. The summed E-state index contributed by atoms with van der Waals surface area (Å²) in [6, 6.07) is 8.14. The van der Waals surface area contributed by atoms with Gasteiger partial charge in [-0.3, -0.25) is 4.90 Å². The van der Waals surface area contributed by atoms with E-state index in [1.54, 1.807) is 16.2 Å². The van der Waals surface area contributed by atoms with Crippen molar-refractivity contribution in [3.8, 4) is 0 Å². The standard InChI is InChI=1S/C11H13NOS/c1-12(2)11(13)9-7-14-10-6-4-3-5-8(9)10/h3-7,11,13H,1-2H3. The van der Waals surface area contributed by atoms with E-state index < -0.39 is 6.23 Å². The summed E-state index contributed by atoms with van der Waals surface area (Å²) < 4.78 is 1.23. The minimum absolute atomic E-state index is 0.508. The highest BCUT2D eigenvalue weighted by Crippen LogP contribution is 2.30. The molecule has 0 aliphatic rings. The van der Waals surface area contributed by atoms with Crippen LogP contribution in [0, 0.1) is 0 Å². The number of thiophene rings is 1. The van der Waals surface area contributed by atoms with Crippen molar-refractivity contribution < 1.29 is 5.11 Å². The first-order chi connectivity index (χ1) is 6.70. The summed E-state index contributed by atoms with van der Waals surface area (Å²) in [5, 5.41) is 13.1. The lowest BCUT2D eigenvalue weighted by molar-refractivity contribution is 0.0411. The SMILES string of the molecule is CN(C)C(O)c1csc2ccccc12. The smallest absolute Gasteiger partial charge is 0.134 e. The fraction of sp³-hybridized carbons (Fsp3) is 0.273. The second-order valence-electron chi connectivity index (χ2n) is 3.52. The van der Waals surface area contributed by atoms with Gasteiger partial charge in [0.05, 0.1) is 0 Å². The van der Waals surface area contributed by atoms with Crippen LogP contribution in [0.5, 0.6) is 0 Å². The van der Waals surface area contributed by atoms with E-state index in [9.17, 15) is 5.11 Å². The van der Waals surface area contributed by atoms with Gasteiger partial charge in [-0.05, 0) is 30.9 Å². The van der Waals surface area contributed by atoms with Crippen LogP contribution in [0.4, 0.5) is 0 Å². The second-order valence-corrected chi connectivity index (χ2v) is 4.44. The van der Waals surface area contributed by atoms with Gasteiger partial charge in [0, 0.05) is 10.3 Å². The average Bonchev–Trinajstić information content (AvgIpc) is 2.60. The zero-order valence-electron chi connectivity index (χ0n) is 8.27. The molecule has 3 heteroatoms. The molecule has 1 aromatic carbocycles. The summed E-state index contributed by atoms with van der Waals surface area (Å²) in [6.07, 6.45) is -0.508. The zero-order valence-corrected chi connectivity index (χ0v) is 9.08. The van der Waals surface area contributed by atoms with Gasteiger partial charge in [-0.15, -0.1) is 11.3 Å². The molecule has 1 unspecified atom stereocenters. The quantitative estimate of drug-likeness (QED) is 0.765. The molecule has 1 N–H and O–H groups in total. The fourth-order valence-corrected chi connectivity index (χ4v) is 2.45. The molecule has 0 aliphatic heterocycles. The summed E-state index contributed by atoms with van der Waals surface area (Å²) in [4.78, 5) is 1.80. The van der Waals surface area contributed by atoms with Gasteiger partial charge in [-0.1, -0.05) is 18.2 Å². The van der Waals surface area contributed by atoms with E-state index >= 15 is 0 Å². The van der Waals surface area contributed by atoms with Crippen molar-refractivity contribution in [1.82, 2.24) is 4.90 Å². The van der Waals surface area contributed by atoms with Gasteiger partial charge in [0.2, 0.25) is 0 Å². The summed E-state index contributed by atoms with van der Waals surface area (Å²) in [5.41, 5.74) is 0.996.